The van der Waals surface area contributed by atoms with Crippen LogP contribution in [0.5, 0.6) is 5.75 Å². The Balaban J connectivity index is 2.09. The lowest BCUT2D eigenvalue weighted by Gasteiger charge is -2.08. The van der Waals surface area contributed by atoms with E-state index in [4.69, 9.17) is 4.74 Å². The zero-order valence-electron chi connectivity index (χ0n) is 12.6. The molecule has 2 heteroatoms. The van der Waals surface area contributed by atoms with Crippen LogP contribution in [-0.2, 0) is 6.42 Å². The van der Waals surface area contributed by atoms with Gasteiger partial charge in [0.05, 0.1) is 0 Å². The molecule has 1 aromatic carbocycles. The van der Waals surface area contributed by atoms with Crippen LogP contribution in [0.15, 0.2) is 24.3 Å². The van der Waals surface area contributed by atoms with Gasteiger partial charge < -0.3 is 10.1 Å². The quantitative estimate of drug-likeness (QED) is 0.604. The number of aryl methyl sites for hydroxylation is 1. The predicted octanol–water partition coefficient (Wildman–Crippen LogP) is 4.19. The first-order chi connectivity index (χ1) is 9.36. The van der Waals surface area contributed by atoms with Crippen molar-refractivity contribution in [3.63, 3.8) is 0 Å². The molecule has 1 aromatic rings. The normalized spacial score (nSPS) is 10.6. The molecule has 0 bridgehead atoms. The second-order valence-electron chi connectivity index (χ2n) is 5.05. The zero-order chi connectivity index (χ0) is 13.8. The maximum Gasteiger partial charge on any atom is 0.119 e. The molecule has 0 saturated heterocycles. The average molecular weight is 263 g/mol. The van der Waals surface area contributed by atoms with E-state index in [1.165, 1.54) is 44.1 Å². The van der Waals surface area contributed by atoms with Gasteiger partial charge in [0.1, 0.15) is 12.4 Å². The molecule has 0 amide bonds. The van der Waals surface area contributed by atoms with Gasteiger partial charge in [-0.2, -0.15) is 0 Å². The molecule has 1 rings (SSSR count). The van der Waals surface area contributed by atoms with Gasteiger partial charge in [-0.25, -0.2) is 0 Å². The summed E-state index contributed by atoms with van der Waals surface area (Å²) in [6, 6.07) is 8.53. The number of rotatable bonds is 11. The number of benzene rings is 1. The van der Waals surface area contributed by atoms with Crippen molar-refractivity contribution in [2.45, 2.75) is 52.4 Å². The van der Waals surface area contributed by atoms with Gasteiger partial charge in [-0.3, -0.25) is 0 Å². The molecular weight excluding hydrogens is 234 g/mol. The lowest BCUT2D eigenvalue weighted by molar-refractivity contribution is 0.313. The van der Waals surface area contributed by atoms with Crippen molar-refractivity contribution >= 4 is 0 Å². The second kappa shape index (κ2) is 10.9. The van der Waals surface area contributed by atoms with E-state index in [0.717, 1.165) is 25.4 Å². The molecule has 0 unspecified atom stereocenters. The second-order valence-corrected chi connectivity index (χ2v) is 5.05. The third-order valence-corrected chi connectivity index (χ3v) is 3.25. The SMILES string of the molecule is CCCCCNCCOc1ccc(CCCC)cc1. The smallest absolute Gasteiger partial charge is 0.119 e. The van der Waals surface area contributed by atoms with Crippen molar-refractivity contribution in [3.05, 3.63) is 29.8 Å². The lowest BCUT2D eigenvalue weighted by Crippen LogP contribution is -2.22. The number of ether oxygens (including phenoxy) is 1. The summed E-state index contributed by atoms with van der Waals surface area (Å²) in [5.41, 5.74) is 1.41. The van der Waals surface area contributed by atoms with Crippen LogP contribution in [0.1, 0.15) is 51.5 Å². The van der Waals surface area contributed by atoms with E-state index < -0.39 is 0 Å². The molecule has 0 saturated carbocycles. The van der Waals surface area contributed by atoms with Gasteiger partial charge in [-0.05, 0) is 43.5 Å². The molecule has 0 radical (unpaired) electrons. The minimum Gasteiger partial charge on any atom is -0.492 e. The van der Waals surface area contributed by atoms with E-state index in [1.807, 2.05) is 0 Å². The maximum atomic E-state index is 5.71. The van der Waals surface area contributed by atoms with Gasteiger partial charge in [0.2, 0.25) is 0 Å². The fraction of sp³-hybridized carbons (Fsp3) is 0.647. The van der Waals surface area contributed by atoms with Crippen LogP contribution in [0, 0.1) is 0 Å². The van der Waals surface area contributed by atoms with Crippen molar-refractivity contribution < 1.29 is 4.74 Å². The summed E-state index contributed by atoms with van der Waals surface area (Å²) < 4.78 is 5.71. The van der Waals surface area contributed by atoms with Crippen LogP contribution in [0.2, 0.25) is 0 Å². The largest absolute Gasteiger partial charge is 0.492 e. The molecule has 0 atom stereocenters. The molecular formula is C17H29NO. The highest BCUT2D eigenvalue weighted by Gasteiger charge is 1.96. The van der Waals surface area contributed by atoms with Crippen LogP contribution >= 0.6 is 0 Å². The van der Waals surface area contributed by atoms with Crippen LogP contribution in [0.4, 0.5) is 0 Å². The standard InChI is InChI=1S/C17H29NO/c1-3-5-7-13-18-14-15-19-17-11-9-16(10-12-17)8-6-4-2/h9-12,18H,3-8,13-15H2,1-2H3. The molecule has 0 aromatic heterocycles. The number of unbranched alkanes of at least 4 members (excludes halogenated alkanes) is 3. The summed E-state index contributed by atoms with van der Waals surface area (Å²) >= 11 is 0. The predicted molar refractivity (Wildman–Crippen MR) is 82.9 cm³/mol. The Labute approximate surface area is 118 Å². The zero-order valence-corrected chi connectivity index (χ0v) is 12.6. The highest BCUT2D eigenvalue weighted by molar-refractivity contribution is 5.27. The molecule has 19 heavy (non-hydrogen) atoms. The number of hydrogen-bond donors (Lipinski definition) is 1. The van der Waals surface area contributed by atoms with Crippen molar-refractivity contribution in [3.8, 4) is 5.75 Å². The summed E-state index contributed by atoms with van der Waals surface area (Å²) in [5.74, 6) is 0.982. The number of hydrogen-bond acceptors (Lipinski definition) is 2. The van der Waals surface area contributed by atoms with E-state index in [9.17, 15) is 0 Å². The first kappa shape index (κ1) is 16.0. The Bertz CT molecular complexity index is 308. The van der Waals surface area contributed by atoms with Gasteiger partial charge in [0.25, 0.3) is 0 Å². The highest BCUT2D eigenvalue weighted by atomic mass is 16.5. The first-order valence-corrected chi connectivity index (χ1v) is 7.79. The van der Waals surface area contributed by atoms with E-state index in [0.29, 0.717) is 0 Å². The number of nitrogens with one attached hydrogen (secondary N) is 1. The average Bonchev–Trinajstić information content (AvgIpc) is 2.45. The Morgan fingerprint density at radius 3 is 2.32 bits per heavy atom. The topological polar surface area (TPSA) is 21.3 Å². The van der Waals surface area contributed by atoms with Crippen LogP contribution < -0.4 is 10.1 Å². The Morgan fingerprint density at radius 2 is 1.63 bits per heavy atom. The monoisotopic (exact) mass is 263 g/mol. The summed E-state index contributed by atoms with van der Waals surface area (Å²) in [7, 11) is 0. The fourth-order valence-electron chi connectivity index (χ4n) is 2.00. The summed E-state index contributed by atoms with van der Waals surface area (Å²) in [5, 5.41) is 3.40. The van der Waals surface area contributed by atoms with Crippen molar-refractivity contribution in [1.29, 1.82) is 0 Å². The molecule has 0 aliphatic carbocycles. The molecule has 0 heterocycles. The minimum atomic E-state index is 0.750. The van der Waals surface area contributed by atoms with Gasteiger partial charge in [-0.15, -0.1) is 0 Å². The first-order valence-electron chi connectivity index (χ1n) is 7.79. The molecule has 0 aliphatic rings. The van der Waals surface area contributed by atoms with Crippen molar-refractivity contribution in [2.24, 2.45) is 0 Å². The molecule has 2 nitrogen and oxygen atoms in total. The maximum absolute atomic E-state index is 5.71. The third kappa shape index (κ3) is 7.89. The van der Waals surface area contributed by atoms with Gasteiger partial charge in [0.15, 0.2) is 0 Å². The van der Waals surface area contributed by atoms with Crippen molar-refractivity contribution in [2.75, 3.05) is 19.7 Å². The Kier molecular flexibility index (Phi) is 9.17. The Hall–Kier alpha value is -1.02. The van der Waals surface area contributed by atoms with E-state index in [1.54, 1.807) is 0 Å². The molecule has 0 spiro atoms. The minimum absolute atomic E-state index is 0.750. The lowest BCUT2D eigenvalue weighted by atomic mass is 10.1. The van der Waals surface area contributed by atoms with Gasteiger partial charge >= 0.3 is 0 Å². The fourth-order valence-corrected chi connectivity index (χ4v) is 2.00. The molecule has 108 valence electrons. The summed E-state index contributed by atoms with van der Waals surface area (Å²) in [6.07, 6.45) is 7.55. The van der Waals surface area contributed by atoms with Gasteiger partial charge in [0, 0.05) is 6.54 Å². The summed E-state index contributed by atoms with van der Waals surface area (Å²) in [6.45, 7) is 7.24. The summed E-state index contributed by atoms with van der Waals surface area (Å²) in [4.78, 5) is 0. The van der Waals surface area contributed by atoms with Crippen LogP contribution in [0.3, 0.4) is 0 Å². The van der Waals surface area contributed by atoms with Crippen molar-refractivity contribution in [1.82, 2.24) is 5.32 Å². The van der Waals surface area contributed by atoms with E-state index >= 15 is 0 Å². The Morgan fingerprint density at radius 1 is 0.895 bits per heavy atom. The van der Waals surface area contributed by atoms with E-state index in [-0.39, 0.29) is 0 Å². The molecule has 0 aliphatic heterocycles. The third-order valence-electron chi connectivity index (χ3n) is 3.25. The van der Waals surface area contributed by atoms with Crippen LogP contribution in [0.25, 0.3) is 0 Å². The van der Waals surface area contributed by atoms with E-state index in [2.05, 4.69) is 43.4 Å². The van der Waals surface area contributed by atoms with Gasteiger partial charge in [-0.1, -0.05) is 45.2 Å². The molecule has 1 N–H and O–H groups in total. The van der Waals surface area contributed by atoms with Crippen LogP contribution in [-0.4, -0.2) is 19.7 Å². The highest BCUT2D eigenvalue weighted by Crippen LogP contribution is 2.13. The molecule has 0 fully saturated rings.